The monoisotopic (exact) mass is 429 g/mol. The van der Waals surface area contributed by atoms with Crippen molar-refractivity contribution in [2.45, 2.75) is 0 Å². The summed E-state index contributed by atoms with van der Waals surface area (Å²) in [5.41, 5.74) is 1.27. The Morgan fingerprint density at radius 2 is 1.92 bits per heavy atom. The molecule has 1 rings (SSSR count). The first-order chi connectivity index (χ1) is 11.0. The maximum atomic E-state index is 10.5. The Balaban J connectivity index is 0.00000529. The molecule has 0 amide bonds. The summed E-state index contributed by atoms with van der Waals surface area (Å²) >= 11 is 7.85. The number of thioether (sulfide) groups is 1. The van der Waals surface area contributed by atoms with E-state index in [0.717, 1.165) is 5.56 Å². The zero-order chi connectivity index (χ0) is 17.1. The van der Waals surface area contributed by atoms with Gasteiger partial charge in [-0.25, -0.2) is 0 Å². The van der Waals surface area contributed by atoms with E-state index in [1.165, 1.54) is 18.0 Å². The summed E-state index contributed by atoms with van der Waals surface area (Å²) in [7, 11) is 0. The fraction of sp³-hybridized carbons (Fsp3) is 0.154. The average molecular weight is 430 g/mol. The van der Waals surface area contributed by atoms with Crippen LogP contribution in [0.1, 0.15) is 5.56 Å². The van der Waals surface area contributed by atoms with E-state index in [9.17, 15) is 4.79 Å². The number of hydrogen-bond donors (Lipinski definition) is 2. The van der Waals surface area contributed by atoms with Crippen molar-refractivity contribution in [3.63, 3.8) is 0 Å². The largest absolute Gasteiger partial charge is 0.480 e. The molecule has 24 heavy (non-hydrogen) atoms. The molecule has 0 aromatic heterocycles. The van der Waals surface area contributed by atoms with Gasteiger partial charge in [-0.05, 0) is 6.26 Å². The van der Waals surface area contributed by atoms with Gasteiger partial charge >= 0.3 is 11.1 Å². The Morgan fingerprint density at radius 3 is 2.50 bits per heavy atom. The van der Waals surface area contributed by atoms with E-state index in [4.69, 9.17) is 5.11 Å². The Kier molecular flexibility index (Phi) is 12.4. The van der Waals surface area contributed by atoms with Crippen LogP contribution in [0.5, 0.6) is 0 Å². The summed E-state index contributed by atoms with van der Waals surface area (Å²) in [5.74, 6) is -0.999. The van der Waals surface area contributed by atoms with Crippen molar-refractivity contribution >= 4 is 64.5 Å². The van der Waals surface area contributed by atoms with Gasteiger partial charge in [0.15, 0.2) is 0 Å². The number of carboxylic acid groups (broad SMARTS) is 1. The van der Waals surface area contributed by atoms with Gasteiger partial charge in [0.1, 0.15) is 12.3 Å². The van der Waals surface area contributed by atoms with Crippen molar-refractivity contribution < 1.29 is 26.4 Å². The van der Waals surface area contributed by atoms with Gasteiger partial charge < -0.3 is 10.4 Å². The van der Waals surface area contributed by atoms with E-state index >= 15 is 0 Å². The molecule has 7 nitrogen and oxygen atoms in total. The van der Waals surface area contributed by atoms with E-state index in [2.05, 4.69) is 51.0 Å². The zero-order valence-corrected chi connectivity index (χ0v) is 16.3. The maximum Gasteiger partial charge on any atom is 0.333 e. The molecule has 0 atom stereocenters. The third-order valence-corrected chi connectivity index (χ3v) is 3.71. The molecule has 0 aliphatic heterocycles. The third kappa shape index (κ3) is 9.76. The molecule has 2 N–H and O–H groups in total. The first-order valence-electron chi connectivity index (χ1n) is 6.28. The number of carbonyl (C=O) groups is 1. The molecule has 1 aromatic carbocycles. The molecule has 1 aromatic rings. The van der Waals surface area contributed by atoms with Crippen molar-refractivity contribution in [1.29, 1.82) is 0 Å². The minimum absolute atomic E-state index is 0. The Labute approximate surface area is 164 Å². The van der Waals surface area contributed by atoms with Gasteiger partial charge in [-0.15, -0.1) is 5.10 Å². The molecule has 0 saturated heterocycles. The van der Waals surface area contributed by atoms with E-state index in [1.54, 1.807) is 0 Å². The number of aliphatic carboxylic acids is 1. The van der Waals surface area contributed by atoms with Crippen LogP contribution in [0.15, 0.2) is 50.7 Å². The minimum atomic E-state index is -0.999. The molecule has 0 unspecified atom stereocenters. The molecular weight excluding hydrogens is 413 g/mol. The van der Waals surface area contributed by atoms with Crippen LogP contribution in [-0.2, 0) is 46.5 Å². The van der Waals surface area contributed by atoms with Gasteiger partial charge in [-0.2, -0.15) is 5.10 Å². The summed E-state index contributed by atoms with van der Waals surface area (Å²) in [6, 6.07) is 9.31. The number of rotatable bonds is 6. The van der Waals surface area contributed by atoms with Crippen LogP contribution in [0.25, 0.3) is 0 Å². The number of amidine groups is 1. The van der Waals surface area contributed by atoms with Crippen molar-refractivity contribution in [3.05, 3.63) is 35.9 Å². The first-order valence-corrected chi connectivity index (χ1v) is 8.50. The normalized spacial score (nSPS) is 12.9. The van der Waals surface area contributed by atoms with Crippen LogP contribution < -0.4 is 5.32 Å². The molecule has 11 heteroatoms. The summed E-state index contributed by atoms with van der Waals surface area (Å²) in [4.78, 5) is 10.5. The fourth-order valence-electron chi connectivity index (χ4n) is 1.24. The summed E-state index contributed by atoms with van der Waals surface area (Å²) in [5, 5.41) is 27.1. The Morgan fingerprint density at radius 1 is 1.25 bits per heavy atom. The van der Waals surface area contributed by atoms with Crippen LogP contribution in [0, 0.1) is 0 Å². The Bertz CT molecular complexity index is 650. The maximum absolute atomic E-state index is 10.5. The average Bonchev–Trinajstić information content (AvgIpc) is 2.56. The van der Waals surface area contributed by atoms with E-state index in [0.29, 0.717) is 10.1 Å². The second kappa shape index (κ2) is 13.1. The predicted molar refractivity (Wildman–Crippen MR) is 106 cm³/mol. The quantitative estimate of drug-likeness (QED) is 0.221. The molecule has 0 fully saturated rings. The van der Waals surface area contributed by atoms with Crippen LogP contribution >= 0.6 is 11.8 Å². The van der Waals surface area contributed by atoms with Crippen molar-refractivity contribution in [1.82, 2.24) is 5.32 Å². The molecule has 0 aliphatic carbocycles. The van der Waals surface area contributed by atoms with Gasteiger partial charge in [0.05, 0.1) is 6.21 Å². The topological polar surface area (TPSA) is 98.8 Å². The van der Waals surface area contributed by atoms with Crippen LogP contribution in [0.2, 0.25) is 0 Å². The third-order valence-electron chi connectivity index (χ3n) is 2.26. The fourth-order valence-corrected chi connectivity index (χ4v) is 1.57. The molecule has 0 spiro atoms. The molecule has 0 aliphatic rings. The van der Waals surface area contributed by atoms with Gasteiger partial charge in [0.2, 0.25) is 0 Å². The molecule has 0 saturated carbocycles. The predicted octanol–water partition coefficient (Wildman–Crippen LogP) is 0.146. The van der Waals surface area contributed by atoms with Crippen LogP contribution in [0.4, 0.5) is 0 Å². The SMILES string of the molecule is CS/C([SH2+])=N/N=C/C(=N/N=C(\[SH2+])NCC(=O)O)c1ccccc1.[Ni]. The number of nitrogens with one attached hydrogen (secondary N) is 1. The van der Waals surface area contributed by atoms with E-state index in [-0.39, 0.29) is 28.2 Å². The Hall–Kier alpha value is -1.29. The second-order valence-electron chi connectivity index (χ2n) is 3.90. The van der Waals surface area contributed by atoms with Crippen LogP contribution in [0.3, 0.4) is 0 Å². The number of benzene rings is 1. The standard InChI is InChI=1S/C13H15N5O2S3.Ni/c1-23-13(22)18-15-7-10(9-5-3-2-4-6-9)16-17-12(21)14-8-11(19)20;/h2-7H,8H2,1H3,(H,18,22)(H,19,20)(H2,14,17,21);/p+2/b15-7+,16-10-;. The molecule has 0 heterocycles. The summed E-state index contributed by atoms with van der Waals surface area (Å²) < 4.78 is 0.626. The van der Waals surface area contributed by atoms with Gasteiger partial charge in [-0.1, -0.05) is 52.3 Å². The van der Waals surface area contributed by atoms with Gasteiger partial charge in [0, 0.05) is 47.3 Å². The minimum Gasteiger partial charge on any atom is -0.480 e. The van der Waals surface area contributed by atoms with Crippen molar-refractivity contribution in [2.75, 3.05) is 12.8 Å². The molecule has 132 valence electrons. The van der Waals surface area contributed by atoms with E-state index < -0.39 is 5.97 Å². The first kappa shape index (κ1) is 22.7. The smallest absolute Gasteiger partial charge is 0.333 e. The van der Waals surface area contributed by atoms with Crippen molar-refractivity contribution in [2.24, 2.45) is 20.4 Å². The second-order valence-corrected chi connectivity index (χ2v) is 6.01. The van der Waals surface area contributed by atoms with Crippen molar-refractivity contribution in [3.8, 4) is 0 Å². The van der Waals surface area contributed by atoms with E-state index in [1.807, 2.05) is 36.6 Å². The van der Waals surface area contributed by atoms with Gasteiger partial charge in [-0.3, -0.25) is 4.79 Å². The number of nitrogens with zero attached hydrogens (tertiary/aromatic N) is 4. The molecule has 0 radical (unpaired) electrons. The number of hydrogen-bond acceptors (Lipinski definition) is 6. The molecule has 0 bridgehead atoms. The number of carboxylic acids is 1. The van der Waals surface area contributed by atoms with Crippen LogP contribution in [-0.4, -0.2) is 45.3 Å². The zero-order valence-electron chi connectivity index (χ0n) is 12.5. The summed E-state index contributed by atoms with van der Waals surface area (Å²) in [6.07, 6.45) is 3.33. The summed E-state index contributed by atoms with van der Waals surface area (Å²) in [6.45, 7) is -0.267. The molecular formula is C13H17N5NiO2S3+2. The van der Waals surface area contributed by atoms with Gasteiger partial charge in [0.25, 0.3) is 4.38 Å².